The van der Waals surface area contributed by atoms with Crippen LogP contribution >= 0.6 is 11.3 Å². The first-order valence-electron chi connectivity index (χ1n) is 8.26. The number of carbonyl (C=O) groups excluding carboxylic acids is 2. The van der Waals surface area contributed by atoms with Gasteiger partial charge in [-0.1, -0.05) is 20.8 Å². The number of anilines is 2. The molecule has 0 saturated carbocycles. The van der Waals surface area contributed by atoms with Gasteiger partial charge >= 0.3 is 0 Å². The summed E-state index contributed by atoms with van der Waals surface area (Å²) in [5, 5.41) is 5.14. The Morgan fingerprint density at radius 1 is 1.36 bits per heavy atom. The fourth-order valence-electron chi connectivity index (χ4n) is 2.67. The Morgan fingerprint density at radius 2 is 2.12 bits per heavy atom. The number of hydrogen-bond acceptors (Lipinski definition) is 5. The number of nitrogens with one attached hydrogen (secondary N) is 1. The molecule has 0 bridgehead atoms. The van der Waals surface area contributed by atoms with Crippen LogP contribution in [0.5, 0.6) is 0 Å². The third-order valence-electron chi connectivity index (χ3n) is 4.20. The van der Waals surface area contributed by atoms with Gasteiger partial charge in [0, 0.05) is 23.5 Å². The molecule has 25 heavy (non-hydrogen) atoms. The summed E-state index contributed by atoms with van der Waals surface area (Å²) < 4.78 is 0. The van der Waals surface area contributed by atoms with Crippen molar-refractivity contribution >= 4 is 34.1 Å². The molecule has 0 radical (unpaired) electrons. The summed E-state index contributed by atoms with van der Waals surface area (Å²) in [5.41, 5.74) is 2.50. The van der Waals surface area contributed by atoms with Crippen molar-refractivity contribution in [3.05, 3.63) is 34.5 Å². The molecule has 132 valence electrons. The molecule has 7 heteroatoms. The Hall–Kier alpha value is -2.28. The summed E-state index contributed by atoms with van der Waals surface area (Å²) in [5.74, 6) is 0.658. The largest absolute Gasteiger partial charge is 0.302 e. The Balaban J connectivity index is 1.68. The summed E-state index contributed by atoms with van der Waals surface area (Å²) in [6.07, 6.45) is 2.78. The van der Waals surface area contributed by atoms with E-state index < -0.39 is 5.41 Å². The van der Waals surface area contributed by atoms with Crippen LogP contribution < -0.4 is 10.2 Å². The number of pyridine rings is 1. The van der Waals surface area contributed by atoms with E-state index in [2.05, 4.69) is 15.3 Å². The molecule has 1 N–H and O–H groups in total. The second kappa shape index (κ2) is 6.55. The SMILES string of the molecule is Cc1ccnc2c1CCN2C(=O)Cc1csc(NC(=O)C(C)(C)C)n1. The molecular weight excluding hydrogens is 336 g/mol. The fraction of sp³-hybridized carbons (Fsp3) is 0.444. The Labute approximate surface area is 151 Å². The molecule has 0 unspecified atom stereocenters. The van der Waals surface area contributed by atoms with Crippen molar-refractivity contribution in [2.24, 2.45) is 5.41 Å². The van der Waals surface area contributed by atoms with Crippen LogP contribution in [0.25, 0.3) is 0 Å². The highest BCUT2D eigenvalue weighted by Crippen LogP contribution is 2.29. The zero-order valence-electron chi connectivity index (χ0n) is 14.9. The van der Waals surface area contributed by atoms with E-state index in [0.29, 0.717) is 17.4 Å². The number of amides is 2. The second-order valence-corrected chi connectivity index (χ2v) is 8.11. The summed E-state index contributed by atoms with van der Waals surface area (Å²) in [4.78, 5) is 35.1. The van der Waals surface area contributed by atoms with Crippen molar-refractivity contribution in [1.82, 2.24) is 9.97 Å². The minimum Gasteiger partial charge on any atom is -0.302 e. The summed E-state index contributed by atoms with van der Waals surface area (Å²) in [7, 11) is 0. The molecule has 0 fully saturated rings. The van der Waals surface area contributed by atoms with Crippen molar-refractivity contribution in [3.63, 3.8) is 0 Å². The molecule has 6 nitrogen and oxygen atoms in total. The highest BCUT2D eigenvalue weighted by atomic mass is 32.1. The highest BCUT2D eigenvalue weighted by Gasteiger charge is 2.28. The van der Waals surface area contributed by atoms with Gasteiger partial charge in [0.15, 0.2) is 5.13 Å². The van der Waals surface area contributed by atoms with Crippen molar-refractivity contribution in [3.8, 4) is 0 Å². The van der Waals surface area contributed by atoms with Gasteiger partial charge in [0.2, 0.25) is 11.8 Å². The smallest absolute Gasteiger partial charge is 0.234 e. The number of fused-ring (bicyclic) bond motifs is 1. The van der Waals surface area contributed by atoms with Crippen LogP contribution in [0.4, 0.5) is 10.9 Å². The van der Waals surface area contributed by atoms with E-state index in [4.69, 9.17) is 0 Å². The van der Waals surface area contributed by atoms with Crippen LogP contribution in [-0.2, 0) is 22.4 Å². The third kappa shape index (κ3) is 3.71. The molecule has 0 aromatic carbocycles. The first-order valence-corrected chi connectivity index (χ1v) is 9.14. The first-order chi connectivity index (χ1) is 11.8. The van der Waals surface area contributed by atoms with Crippen LogP contribution in [0.3, 0.4) is 0 Å². The van der Waals surface area contributed by atoms with Crippen molar-refractivity contribution in [2.45, 2.75) is 40.5 Å². The van der Waals surface area contributed by atoms with Gasteiger partial charge in [-0.2, -0.15) is 0 Å². The van der Waals surface area contributed by atoms with Gasteiger partial charge in [-0.3, -0.25) is 14.5 Å². The molecule has 0 atom stereocenters. The number of thiazole rings is 1. The molecule has 2 aromatic rings. The van der Waals surface area contributed by atoms with Gasteiger partial charge in [0.05, 0.1) is 12.1 Å². The molecular formula is C18H22N4O2S. The summed E-state index contributed by atoms with van der Waals surface area (Å²) >= 11 is 1.34. The van der Waals surface area contributed by atoms with Crippen LogP contribution in [0.1, 0.15) is 37.6 Å². The number of aryl methyl sites for hydroxylation is 1. The molecule has 1 aliphatic heterocycles. The molecule has 0 aliphatic carbocycles. The molecule has 0 spiro atoms. The van der Waals surface area contributed by atoms with Gasteiger partial charge in [-0.25, -0.2) is 9.97 Å². The maximum Gasteiger partial charge on any atom is 0.234 e. The monoisotopic (exact) mass is 358 g/mol. The normalized spacial score (nSPS) is 13.7. The van der Waals surface area contributed by atoms with E-state index in [9.17, 15) is 9.59 Å². The van der Waals surface area contributed by atoms with E-state index in [1.807, 2.05) is 39.1 Å². The van der Waals surface area contributed by atoms with Gasteiger partial charge in [-0.05, 0) is 30.5 Å². The van der Waals surface area contributed by atoms with Gasteiger partial charge in [0.25, 0.3) is 0 Å². The van der Waals surface area contributed by atoms with E-state index >= 15 is 0 Å². The van der Waals surface area contributed by atoms with E-state index in [1.165, 1.54) is 16.9 Å². The van der Waals surface area contributed by atoms with E-state index in [-0.39, 0.29) is 18.2 Å². The quantitative estimate of drug-likeness (QED) is 0.915. The molecule has 3 heterocycles. The number of rotatable bonds is 3. The topological polar surface area (TPSA) is 75.2 Å². The molecule has 0 saturated heterocycles. The molecule has 1 aliphatic rings. The maximum absolute atomic E-state index is 12.6. The number of hydrogen-bond donors (Lipinski definition) is 1. The fourth-order valence-corrected chi connectivity index (χ4v) is 3.37. The van der Waals surface area contributed by atoms with Crippen LogP contribution in [0, 0.1) is 12.3 Å². The van der Waals surface area contributed by atoms with Crippen molar-refractivity contribution in [1.29, 1.82) is 0 Å². The minimum atomic E-state index is -0.482. The predicted molar refractivity (Wildman–Crippen MR) is 98.9 cm³/mol. The number of nitrogens with zero attached hydrogens (tertiary/aromatic N) is 3. The van der Waals surface area contributed by atoms with Gasteiger partial charge in [-0.15, -0.1) is 11.3 Å². The van der Waals surface area contributed by atoms with Crippen molar-refractivity contribution < 1.29 is 9.59 Å². The third-order valence-corrected chi connectivity index (χ3v) is 5.00. The lowest BCUT2D eigenvalue weighted by Crippen LogP contribution is -2.31. The van der Waals surface area contributed by atoms with Crippen molar-refractivity contribution in [2.75, 3.05) is 16.8 Å². The van der Waals surface area contributed by atoms with E-state index in [0.717, 1.165) is 17.8 Å². The predicted octanol–water partition coefficient (Wildman–Crippen LogP) is 2.96. The number of carbonyl (C=O) groups is 2. The van der Waals surface area contributed by atoms with Crippen LogP contribution in [-0.4, -0.2) is 28.3 Å². The lowest BCUT2D eigenvalue weighted by Gasteiger charge is -2.16. The molecule has 2 amide bonds. The van der Waals surface area contributed by atoms with Crippen LogP contribution in [0.2, 0.25) is 0 Å². The average Bonchev–Trinajstić information content (AvgIpc) is 3.14. The lowest BCUT2D eigenvalue weighted by atomic mass is 9.96. The second-order valence-electron chi connectivity index (χ2n) is 7.25. The Bertz CT molecular complexity index is 823. The molecule has 3 rings (SSSR count). The maximum atomic E-state index is 12.6. The minimum absolute atomic E-state index is 0.0177. The number of aromatic nitrogens is 2. The summed E-state index contributed by atoms with van der Waals surface area (Å²) in [6.45, 7) is 8.24. The zero-order chi connectivity index (χ0) is 18.2. The Morgan fingerprint density at radius 3 is 2.84 bits per heavy atom. The standard InChI is InChI=1S/C18H22N4O2S/c1-11-5-7-19-15-13(11)6-8-22(15)14(23)9-12-10-25-17(20-12)21-16(24)18(2,3)4/h5,7,10H,6,8-9H2,1-4H3,(H,20,21,24). The lowest BCUT2D eigenvalue weighted by molar-refractivity contribution is -0.123. The van der Waals surface area contributed by atoms with E-state index in [1.54, 1.807) is 11.1 Å². The van der Waals surface area contributed by atoms with Crippen LogP contribution in [0.15, 0.2) is 17.6 Å². The Kier molecular flexibility index (Phi) is 4.60. The highest BCUT2D eigenvalue weighted by molar-refractivity contribution is 7.13. The first kappa shape index (κ1) is 17.5. The van der Waals surface area contributed by atoms with Gasteiger partial charge in [0.1, 0.15) is 5.82 Å². The van der Waals surface area contributed by atoms with Gasteiger partial charge < -0.3 is 5.32 Å². The summed E-state index contributed by atoms with van der Waals surface area (Å²) in [6, 6.07) is 1.97. The zero-order valence-corrected chi connectivity index (χ0v) is 15.7. The average molecular weight is 358 g/mol. The molecule has 2 aromatic heterocycles.